The van der Waals surface area contributed by atoms with E-state index in [0.29, 0.717) is 16.3 Å². The lowest BCUT2D eigenvalue weighted by Gasteiger charge is -2.30. The lowest BCUT2D eigenvalue weighted by Crippen LogP contribution is -2.40. The highest BCUT2D eigenvalue weighted by molar-refractivity contribution is 7.89. The number of para-hydroxylation sites is 1. The van der Waals surface area contributed by atoms with Gasteiger partial charge in [-0.05, 0) is 44.7 Å². The van der Waals surface area contributed by atoms with Crippen molar-refractivity contribution in [3.05, 3.63) is 46.9 Å². The Balaban J connectivity index is 1.69. The molecule has 0 spiro atoms. The highest BCUT2D eigenvalue weighted by Gasteiger charge is 2.34. The molecule has 1 aromatic carbocycles. The van der Waals surface area contributed by atoms with Crippen molar-refractivity contribution in [2.75, 3.05) is 7.05 Å². The van der Waals surface area contributed by atoms with Gasteiger partial charge in [-0.2, -0.15) is 9.40 Å². The topological polar surface area (TPSA) is 81.8 Å². The average Bonchev–Trinajstić information content (AvgIpc) is 3.13. The van der Waals surface area contributed by atoms with Crippen LogP contribution in [0.3, 0.4) is 0 Å². The number of aromatic nitrogens is 3. The van der Waals surface area contributed by atoms with E-state index < -0.39 is 10.0 Å². The molecule has 0 saturated heterocycles. The van der Waals surface area contributed by atoms with E-state index >= 15 is 0 Å². The number of aryl methyl sites for hydroxylation is 3. The molecule has 7 heteroatoms. The number of fused-ring (bicyclic) bond motifs is 3. The number of benzene rings is 1. The SMILES string of the molecule is Cc1n[nH]c(C)c1S(=O)(=O)N(C)C1CCc2[nH]c3ccccc3c2C1. The van der Waals surface area contributed by atoms with Gasteiger partial charge in [-0.3, -0.25) is 5.10 Å². The van der Waals surface area contributed by atoms with Crippen LogP contribution in [0.25, 0.3) is 10.9 Å². The third-order valence-electron chi connectivity index (χ3n) is 5.28. The summed E-state index contributed by atoms with van der Waals surface area (Å²) >= 11 is 0. The van der Waals surface area contributed by atoms with Crippen molar-refractivity contribution < 1.29 is 8.42 Å². The number of likely N-dealkylation sites (N-methyl/N-ethyl adjacent to an activating group) is 1. The number of nitrogens with one attached hydrogen (secondary N) is 2. The molecule has 0 amide bonds. The Hall–Kier alpha value is -2.12. The molecule has 4 rings (SSSR count). The number of hydrogen-bond donors (Lipinski definition) is 2. The predicted molar refractivity (Wildman–Crippen MR) is 97.1 cm³/mol. The summed E-state index contributed by atoms with van der Waals surface area (Å²) in [6.07, 6.45) is 2.40. The minimum Gasteiger partial charge on any atom is -0.358 e. The molecular formula is C18H22N4O2S. The molecule has 132 valence electrons. The van der Waals surface area contributed by atoms with E-state index in [2.05, 4.69) is 27.3 Å². The Kier molecular flexibility index (Phi) is 3.73. The third kappa shape index (κ3) is 2.49. The highest BCUT2D eigenvalue weighted by atomic mass is 32.2. The minimum absolute atomic E-state index is 0.0505. The quantitative estimate of drug-likeness (QED) is 0.755. The molecule has 1 atom stereocenters. The molecule has 25 heavy (non-hydrogen) atoms. The van der Waals surface area contributed by atoms with Gasteiger partial charge in [0.25, 0.3) is 0 Å². The molecule has 0 fully saturated rings. The molecule has 2 N–H and O–H groups in total. The van der Waals surface area contributed by atoms with E-state index in [1.54, 1.807) is 20.9 Å². The summed E-state index contributed by atoms with van der Waals surface area (Å²) in [5, 5.41) is 8.02. The fraction of sp³-hybridized carbons (Fsp3) is 0.389. The Morgan fingerprint density at radius 2 is 2.00 bits per heavy atom. The zero-order valence-electron chi connectivity index (χ0n) is 14.6. The van der Waals surface area contributed by atoms with Gasteiger partial charge in [0.2, 0.25) is 10.0 Å². The number of hydrogen-bond acceptors (Lipinski definition) is 3. The van der Waals surface area contributed by atoms with Crippen molar-refractivity contribution in [1.29, 1.82) is 0 Å². The number of aromatic amines is 2. The molecule has 2 aromatic heterocycles. The molecule has 1 aliphatic rings. The normalized spacial score (nSPS) is 18.0. The van der Waals surface area contributed by atoms with E-state index in [4.69, 9.17) is 0 Å². The molecule has 6 nitrogen and oxygen atoms in total. The first-order chi connectivity index (χ1) is 11.9. The molecule has 3 aromatic rings. The summed E-state index contributed by atoms with van der Waals surface area (Å²) in [6.45, 7) is 3.47. The van der Waals surface area contributed by atoms with E-state index in [9.17, 15) is 8.42 Å². The first kappa shape index (κ1) is 16.4. The monoisotopic (exact) mass is 358 g/mol. The van der Waals surface area contributed by atoms with Crippen LogP contribution in [0.2, 0.25) is 0 Å². The zero-order chi connectivity index (χ0) is 17.8. The van der Waals surface area contributed by atoms with Crippen LogP contribution in [-0.2, 0) is 22.9 Å². The first-order valence-corrected chi connectivity index (χ1v) is 9.91. The van der Waals surface area contributed by atoms with Crippen molar-refractivity contribution >= 4 is 20.9 Å². The van der Waals surface area contributed by atoms with Gasteiger partial charge in [-0.1, -0.05) is 18.2 Å². The van der Waals surface area contributed by atoms with Crippen molar-refractivity contribution in [2.45, 2.75) is 44.0 Å². The smallest absolute Gasteiger partial charge is 0.246 e. The largest absolute Gasteiger partial charge is 0.358 e. The predicted octanol–water partition coefficient (Wildman–Crippen LogP) is 2.69. The van der Waals surface area contributed by atoms with E-state index in [-0.39, 0.29) is 6.04 Å². The molecule has 0 bridgehead atoms. The Morgan fingerprint density at radius 1 is 1.24 bits per heavy atom. The number of nitrogens with zero attached hydrogens (tertiary/aromatic N) is 2. The average molecular weight is 358 g/mol. The number of rotatable bonds is 3. The van der Waals surface area contributed by atoms with Gasteiger partial charge in [0.05, 0.1) is 11.4 Å². The van der Waals surface area contributed by atoms with Crippen LogP contribution >= 0.6 is 0 Å². The van der Waals surface area contributed by atoms with E-state index in [0.717, 1.165) is 24.8 Å². The fourth-order valence-corrected chi connectivity index (χ4v) is 5.63. The summed E-state index contributed by atoms with van der Waals surface area (Å²) in [7, 11) is -1.88. The zero-order valence-corrected chi connectivity index (χ0v) is 15.4. The van der Waals surface area contributed by atoms with Crippen LogP contribution < -0.4 is 0 Å². The third-order valence-corrected chi connectivity index (χ3v) is 7.46. The van der Waals surface area contributed by atoms with Crippen LogP contribution in [-0.4, -0.2) is 41.0 Å². The Labute approximate surface area is 147 Å². The maximum Gasteiger partial charge on any atom is 0.246 e. The van der Waals surface area contributed by atoms with E-state index in [1.807, 2.05) is 12.1 Å². The van der Waals surface area contributed by atoms with Gasteiger partial charge in [0.1, 0.15) is 4.90 Å². The van der Waals surface area contributed by atoms with Gasteiger partial charge in [-0.15, -0.1) is 0 Å². The maximum absolute atomic E-state index is 13.1. The number of sulfonamides is 1. The summed E-state index contributed by atoms with van der Waals surface area (Å²) in [5.74, 6) is 0. The minimum atomic E-state index is -3.57. The highest BCUT2D eigenvalue weighted by Crippen LogP contribution is 2.33. The van der Waals surface area contributed by atoms with E-state index in [1.165, 1.54) is 20.9 Å². The van der Waals surface area contributed by atoms with Crippen molar-refractivity contribution in [3.63, 3.8) is 0 Å². The van der Waals surface area contributed by atoms with Crippen molar-refractivity contribution in [1.82, 2.24) is 19.5 Å². The molecule has 1 unspecified atom stereocenters. The Bertz CT molecular complexity index is 1030. The van der Waals surface area contributed by atoms with Gasteiger partial charge in [0.15, 0.2) is 0 Å². The van der Waals surface area contributed by atoms with Crippen LogP contribution in [0.5, 0.6) is 0 Å². The van der Waals surface area contributed by atoms with Gasteiger partial charge >= 0.3 is 0 Å². The second-order valence-corrected chi connectivity index (χ2v) is 8.74. The summed E-state index contributed by atoms with van der Waals surface area (Å²) < 4.78 is 27.7. The van der Waals surface area contributed by atoms with Gasteiger partial charge < -0.3 is 4.98 Å². The summed E-state index contributed by atoms with van der Waals surface area (Å²) in [4.78, 5) is 3.78. The molecule has 0 aliphatic heterocycles. The summed E-state index contributed by atoms with van der Waals surface area (Å²) in [5.41, 5.74) is 4.72. The Morgan fingerprint density at radius 3 is 2.72 bits per heavy atom. The van der Waals surface area contributed by atoms with Gasteiger partial charge in [-0.25, -0.2) is 8.42 Å². The van der Waals surface area contributed by atoms with Crippen LogP contribution in [0.1, 0.15) is 29.1 Å². The second kappa shape index (κ2) is 5.71. The van der Waals surface area contributed by atoms with Crippen LogP contribution in [0.4, 0.5) is 0 Å². The first-order valence-electron chi connectivity index (χ1n) is 8.47. The van der Waals surface area contributed by atoms with Crippen molar-refractivity contribution in [2.24, 2.45) is 0 Å². The number of H-pyrrole nitrogens is 2. The molecule has 0 radical (unpaired) electrons. The van der Waals surface area contributed by atoms with Crippen molar-refractivity contribution in [3.8, 4) is 0 Å². The maximum atomic E-state index is 13.1. The second-order valence-electron chi connectivity index (χ2n) is 6.81. The molecular weight excluding hydrogens is 336 g/mol. The lowest BCUT2D eigenvalue weighted by molar-refractivity contribution is 0.335. The fourth-order valence-electron chi connectivity index (χ4n) is 3.92. The van der Waals surface area contributed by atoms with Crippen LogP contribution in [0.15, 0.2) is 29.2 Å². The van der Waals surface area contributed by atoms with Crippen LogP contribution in [0, 0.1) is 13.8 Å². The molecule has 2 heterocycles. The standard InChI is InChI=1S/C18H22N4O2S/c1-11-18(12(2)21-20-11)25(23,24)22(3)13-8-9-17-15(10-13)14-6-4-5-7-16(14)19-17/h4-7,13,19H,8-10H2,1-3H3,(H,20,21). The molecule has 0 saturated carbocycles. The summed E-state index contributed by atoms with van der Waals surface area (Å²) in [6, 6.07) is 8.17. The lowest BCUT2D eigenvalue weighted by atomic mass is 9.91. The van der Waals surface area contributed by atoms with Gasteiger partial charge in [0, 0.05) is 29.7 Å². The molecule has 1 aliphatic carbocycles.